The van der Waals surface area contributed by atoms with Crippen LogP contribution in [0.15, 0.2) is 24.3 Å². The van der Waals surface area contributed by atoms with Gasteiger partial charge < -0.3 is 15.5 Å². The fraction of sp³-hybridized carbons (Fsp3) is 0.0833. The number of ether oxygens (including phenoxy) is 1. The lowest BCUT2D eigenvalue weighted by atomic mass is 10.1. The molecule has 0 amide bonds. The van der Waals surface area contributed by atoms with Crippen LogP contribution < -0.4 is 10.5 Å². The lowest BCUT2D eigenvalue weighted by Crippen LogP contribution is -1.97. The number of nitrogens with zero attached hydrogens (tertiary/aromatic N) is 2. The van der Waals surface area contributed by atoms with Gasteiger partial charge in [0.1, 0.15) is 11.6 Å². The first-order chi connectivity index (χ1) is 8.67. The highest BCUT2D eigenvalue weighted by Crippen LogP contribution is 2.24. The van der Waals surface area contributed by atoms with Crippen molar-refractivity contribution in [2.75, 3.05) is 12.8 Å². The number of H-pyrrole nitrogens is 1. The van der Waals surface area contributed by atoms with Crippen LogP contribution in [0.4, 0.5) is 5.82 Å². The quantitative estimate of drug-likeness (QED) is 0.518. The Bertz CT molecular complexity index is 812. The van der Waals surface area contributed by atoms with Crippen molar-refractivity contribution in [3.8, 4) is 5.75 Å². The maximum atomic E-state index is 5.88. The van der Waals surface area contributed by atoms with Gasteiger partial charge in [-0.05, 0) is 30.4 Å². The van der Waals surface area contributed by atoms with E-state index in [4.69, 9.17) is 22.7 Å². The molecule has 0 aliphatic heterocycles. The van der Waals surface area contributed by atoms with Crippen LogP contribution in [-0.4, -0.2) is 22.1 Å². The topological polar surface area (TPSA) is 76.8 Å². The molecule has 0 aliphatic rings. The zero-order valence-corrected chi connectivity index (χ0v) is 10.4. The first-order valence-corrected chi connectivity index (χ1v) is 5.72. The molecular weight excluding hydrogens is 248 g/mol. The Labute approximate surface area is 108 Å². The van der Waals surface area contributed by atoms with E-state index in [0.29, 0.717) is 16.2 Å². The Morgan fingerprint density at radius 1 is 1.28 bits per heavy atom. The van der Waals surface area contributed by atoms with Crippen LogP contribution in [0.3, 0.4) is 0 Å². The summed E-state index contributed by atoms with van der Waals surface area (Å²) in [7, 11) is 1.62. The summed E-state index contributed by atoms with van der Waals surface area (Å²) in [5.41, 5.74) is 7.22. The van der Waals surface area contributed by atoms with Crippen molar-refractivity contribution in [3.63, 3.8) is 0 Å². The molecule has 2 aromatic heterocycles. The monoisotopic (exact) mass is 258 g/mol. The number of nitrogens with two attached hydrogens (primary N) is 1. The second-order valence-corrected chi connectivity index (χ2v) is 4.26. The van der Waals surface area contributed by atoms with Gasteiger partial charge >= 0.3 is 0 Å². The molecule has 0 saturated heterocycles. The second kappa shape index (κ2) is 3.92. The number of fused-ring (bicyclic) bond motifs is 2. The number of anilines is 1. The normalized spacial score (nSPS) is 10.9. The number of methoxy groups -OCH3 is 1. The second-order valence-electron chi connectivity index (χ2n) is 3.87. The number of aromatic amines is 1. The Kier molecular flexibility index (Phi) is 2.38. The standard InChI is InChI=1S/C12H10N4OS/c1-17-7-3-2-6-4-8-10(13)15-12(18)16-11(8)14-9(6)5-7/h2-5H,1H3,(H3,13,14,15,16,18). The van der Waals surface area contributed by atoms with Crippen LogP contribution >= 0.6 is 12.2 Å². The average Bonchev–Trinajstić information content (AvgIpc) is 2.36. The average molecular weight is 258 g/mol. The first kappa shape index (κ1) is 10.9. The van der Waals surface area contributed by atoms with Crippen molar-refractivity contribution < 1.29 is 4.74 Å². The summed E-state index contributed by atoms with van der Waals surface area (Å²) in [5, 5.41) is 1.74. The smallest absolute Gasteiger partial charge is 0.200 e. The fourth-order valence-electron chi connectivity index (χ4n) is 1.85. The summed E-state index contributed by atoms with van der Waals surface area (Å²) >= 11 is 4.99. The highest BCUT2D eigenvalue weighted by molar-refractivity contribution is 7.71. The lowest BCUT2D eigenvalue weighted by molar-refractivity contribution is 0.415. The number of nitrogen functional groups attached to an aromatic ring is 1. The molecule has 0 bridgehead atoms. The van der Waals surface area contributed by atoms with Crippen molar-refractivity contribution >= 4 is 40.0 Å². The fourth-order valence-corrected chi connectivity index (χ4v) is 2.05. The largest absolute Gasteiger partial charge is 0.497 e. The van der Waals surface area contributed by atoms with E-state index >= 15 is 0 Å². The van der Waals surface area contributed by atoms with E-state index in [1.807, 2.05) is 24.3 Å². The van der Waals surface area contributed by atoms with E-state index < -0.39 is 0 Å². The molecule has 5 nitrogen and oxygen atoms in total. The predicted octanol–water partition coefficient (Wildman–Crippen LogP) is 2.43. The predicted molar refractivity (Wildman–Crippen MR) is 73.2 cm³/mol. The molecule has 0 radical (unpaired) electrons. The SMILES string of the molecule is COc1ccc2cc3c(N)[nH]c(=S)nc3nc2c1. The molecule has 2 heterocycles. The van der Waals surface area contributed by atoms with Gasteiger partial charge in [-0.3, -0.25) is 0 Å². The molecule has 0 atom stereocenters. The molecule has 6 heteroatoms. The summed E-state index contributed by atoms with van der Waals surface area (Å²) in [6, 6.07) is 7.60. The number of aromatic nitrogens is 3. The minimum absolute atomic E-state index is 0.328. The van der Waals surface area contributed by atoms with Crippen LogP contribution in [0.1, 0.15) is 0 Å². The summed E-state index contributed by atoms with van der Waals surface area (Å²) in [4.78, 5) is 11.4. The van der Waals surface area contributed by atoms with Gasteiger partial charge in [0.2, 0.25) is 0 Å². The highest BCUT2D eigenvalue weighted by Gasteiger charge is 2.05. The van der Waals surface area contributed by atoms with E-state index in [9.17, 15) is 0 Å². The number of nitrogens with one attached hydrogen (secondary N) is 1. The van der Waals surface area contributed by atoms with E-state index in [1.165, 1.54) is 0 Å². The van der Waals surface area contributed by atoms with Crippen molar-refractivity contribution in [3.05, 3.63) is 29.0 Å². The summed E-state index contributed by atoms with van der Waals surface area (Å²) < 4.78 is 5.50. The third-order valence-corrected chi connectivity index (χ3v) is 2.94. The number of pyridine rings is 1. The van der Waals surface area contributed by atoms with Crippen LogP contribution in [0.2, 0.25) is 0 Å². The molecule has 0 fully saturated rings. The molecule has 0 saturated carbocycles. The van der Waals surface area contributed by atoms with E-state index in [1.54, 1.807) is 7.11 Å². The number of benzene rings is 1. The molecule has 3 N–H and O–H groups in total. The maximum Gasteiger partial charge on any atom is 0.200 e. The lowest BCUT2D eigenvalue weighted by Gasteiger charge is -2.05. The number of hydrogen-bond donors (Lipinski definition) is 2. The Morgan fingerprint density at radius 3 is 2.89 bits per heavy atom. The zero-order valence-electron chi connectivity index (χ0n) is 9.60. The molecule has 1 aromatic carbocycles. The summed E-state index contributed by atoms with van der Waals surface area (Å²) in [6.07, 6.45) is 0. The Hall–Kier alpha value is -2.21. The van der Waals surface area contributed by atoms with Gasteiger partial charge in [0.05, 0.1) is 18.0 Å². The number of rotatable bonds is 1. The van der Waals surface area contributed by atoms with E-state index in [0.717, 1.165) is 22.0 Å². The minimum atomic E-state index is 0.328. The van der Waals surface area contributed by atoms with Crippen LogP contribution in [0.5, 0.6) is 5.75 Å². The van der Waals surface area contributed by atoms with Crippen LogP contribution in [0.25, 0.3) is 21.9 Å². The molecule has 0 spiro atoms. The molecule has 0 aliphatic carbocycles. The molecular formula is C12H10N4OS. The molecule has 3 rings (SSSR count). The molecule has 3 aromatic rings. The Balaban J connectivity index is 2.43. The third kappa shape index (κ3) is 1.67. The van der Waals surface area contributed by atoms with Gasteiger partial charge in [0.15, 0.2) is 10.4 Å². The van der Waals surface area contributed by atoms with E-state index in [-0.39, 0.29) is 0 Å². The highest BCUT2D eigenvalue weighted by atomic mass is 32.1. The maximum absolute atomic E-state index is 5.88. The van der Waals surface area contributed by atoms with Gasteiger partial charge in [-0.2, -0.15) is 4.98 Å². The Morgan fingerprint density at radius 2 is 2.11 bits per heavy atom. The van der Waals surface area contributed by atoms with Crippen LogP contribution in [-0.2, 0) is 0 Å². The first-order valence-electron chi connectivity index (χ1n) is 5.31. The third-order valence-electron chi connectivity index (χ3n) is 2.74. The van der Waals surface area contributed by atoms with Gasteiger partial charge in [-0.1, -0.05) is 0 Å². The summed E-state index contributed by atoms with van der Waals surface area (Å²) in [5.74, 6) is 1.23. The molecule has 90 valence electrons. The summed E-state index contributed by atoms with van der Waals surface area (Å²) in [6.45, 7) is 0. The van der Waals surface area contributed by atoms with Gasteiger partial charge in [-0.25, -0.2) is 4.98 Å². The van der Waals surface area contributed by atoms with Gasteiger partial charge in [-0.15, -0.1) is 0 Å². The van der Waals surface area contributed by atoms with E-state index in [2.05, 4.69) is 15.0 Å². The van der Waals surface area contributed by atoms with Crippen LogP contribution in [0, 0.1) is 4.77 Å². The van der Waals surface area contributed by atoms with Gasteiger partial charge in [0.25, 0.3) is 0 Å². The van der Waals surface area contributed by atoms with Crippen molar-refractivity contribution in [2.45, 2.75) is 0 Å². The van der Waals surface area contributed by atoms with Crippen molar-refractivity contribution in [2.24, 2.45) is 0 Å². The van der Waals surface area contributed by atoms with Gasteiger partial charge in [0, 0.05) is 11.5 Å². The number of hydrogen-bond acceptors (Lipinski definition) is 5. The zero-order chi connectivity index (χ0) is 12.7. The van der Waals surface area contributed by atoms with Crippen molar-refractivity contribution in [1.29, 1.82) is 0 Å². The molecule has 0 unspecified atom stereocenters. The minimum Gasteiger partial charge on any atom is -0.497 e. The molecule has 18 heavy (non-hydrogen) atoms. The van der Waals surface area contributed by atoms with Crippen molar-refractivity contribution in [1.82, 2.24) is 15.0 Å².